The highest BCUT2D eigenvalue weighted by Gasteiger charge is 2.13. The molecular weight excluding hydrogens is 242 g/mol. The van der Waals surface area contributed by atoms with E-state index in [2.05, 4.69) is 16.2 Å². The number of piperidine rings is 2. The first-order valence-electron chi connectivity index (χ1n) is 7.21. The Balaban J connectivity index is 1.64. The predicted octanol–water partition coefficient (Wildman–Crippen LogP) is 0.427. The van der Waals surface area contributed by atoms with Gasteiger partial charge in [0.15, 0.2) is 0 Å². The van der Waals surface area contributed by atoms with Gasteiger partial charge >= 0.3 is 0 Å². The molecule has 7 heteroatoms. The standard InChI is InChI=1S/C12H25N7/c13-11(16-18-7-3-1-4-8-18)15-12(14)17-19-9-5-2-6-10-19/h1-10H2,(H5,13,14,15,16,17). The molecule has 0 radical (unpaired) electrons. The van der Waals surface area contributed by atoms with Gasteiger partial charge in [-0.1, -0.05) is 12.8 Å². The predicted molar refractivity (Wildman–Crippen MR) is 75.7 cm³/mol. The third-order valence-corrected chi connectivity index (χ3v) is 3.50. The molecule has 0 saturated carbocycles. The summed E-state index contributed by atoms with van der Waals surface area (Å²) >= 11 is 0. The lowest BCUT2D eigenvalue weighted by Crippen LogP contribution is -2.56. The maximum absolute atomic E-state index is 7.81. The number of rotatable bonds is 2. The number of nitrogens with zero attached hydrogens (tertiary/aromatic N) is 2. The van der Waals surface area contributed by atoms with Gasteiger partial charge in [0.05, 0.1) is 0 Å². The molecule has 0 atom stereocenters. The van der Waals surface area contributed by atoms with E-state index in [1.165, 1.54) is 38.5 Å². The maximum Gasteiger partial charge on any atom is 0.210 e. The molecule has 2 aliphatic rings. The highest BCUT2D eigenvalue weighted by atomic mass is 15.6. The molecule has 108 valence electrons. The molecule has 0 bridgehead atoms. The average Bonchev–Trinajstić information content (AvgIpc) is 2.40. The van der Waals surface area contributed by atoms with E-state index < -0.39 is 0 Å². The van der Waals surface area contributed by atoms with Crippen molar-refractivity contribution in [3.8, 4) is 0 Å². The summed E-state index contributed by atoms with van der Waals surface area (Å²) in [6.45, 7) is 3.88. The Kier molecular flexibility index (Phi) is 5.41. The summed E-state index contributed by atoms with van der Waals surface area (Å²) < 4.78 is 0. The van der Waals surface area contributed by atoms with Crippen molar-refractivity contribution in [2.45, 2.75) is 38.5 Å². The molecule has 19 heavy (non-hydrogen) atoms. The minimum Gasteiger partial charge on any atom is -0.295 e. The van der Waals surface area contributed by atoms with Crippen LogP contribution in [0.25, 0.3) is 0 Å². The van der Waals surface area contributed by atoms with Gasteiger partial charge in [0.25, 0.3) is 0 Å². The molecule has 2 heterocycles. The lowest BCUT2D eigenvalue weighted by atomic mass is 10.2. The second-order valence-corrected chi connectivity index (χ2v) is 5.19. The van der Waals surface area contributed by atoms with Crippen molar-refractivity contribution in [3.05, 3.63) is 0 Å². The lowest BCUT2D eigenvalue weighted by molar-refractivity contribution is 0.187. The van der Waals surface area contributed by atoms with E-state index in [1.807, 2.05) is 10.0 Å². The molecule has 0 unspecified atom stereocenters. The zero-order valence-electron chi connectivity index (χ0n) is 11.5. The van der Waals surface area contributed by atoms with Crippen LogP contribution in [0.5, 0.6) is 0 Å². The highest BCUT2D eigenvalue weighted by Crippen LogP contribution is 2.06. The third-order valence-electron chi connectivity index (χ3n) is 3.50. The molecule has 2 aliphatic heterocycles. The summed E-state index contributed by atoms with van der Waals surface area (Å²) in [6, 6.07) is 0. The highest BCUT2D eigenvalue weighted by molar-refractivity contribution is 5.95. The third kappa shape index (κ3) is 5.04. The minimum atomic E-state index is 0.163. The largest absolute Gasteiger partial charge is 0.295 e. The topological polar surface area (TPSA) is 90.3 Å². The molecule has 0 aromatic carbocycles. The molecule has 2 saturated heterocycles. The van der Waals surface area contributed by atoms with Crippen molar-refractivity contribution in [1.29, 1.82) is 10.8 Å². The number of guanidine groups is 2. The van der Waals surface area contributed by atoms with Crippen LogP contribution in [-0.2, 0) is 0 Å². The van der Waals surface area contributed by atoms with Gasteiger partial charge in [-0.2, -0.15) is 0 Å². The van der Waals surface area contributed by atoms with E-state index >= 15 is 0 Å². The quantitative estimate of drug-likeness (QED) is 0.370. The molecule has 0 aromatic heterocycles. The fraction of sp³-hybridized carbons (Fsp3) is 0.833. The number of hydrazine groups is 2. The molecule has 0 aliphatic carbocycles. The molecule has 5 N–H and O–H groups in total. The van der Waals surface area contributed by atoms with E-state index in [0.29, 0.717) is 0 Å². The molecule has 7 nitrogen and oxygen atoms in total. The van der Waals surface area contributed by atoms with Crippen LogP contribution in [0.4, 0.5) is 0 Å². The van der Waals surface area contributed by atoms with Gasteiger partial charge in [-0.05, 0) is 25.7 Å². The van der Waals surface area contributed by atoms with E-state index in [-0.39, 0.29) is 11.9 Å². The first kappa shape index (κ1) is 14.1. The Bertz CT molecular complexity index is 275. The van der Waals surface area contributed by atoms with Gasteiger partial charge in [-0.25, -0.2) is 10.0 Å². The fourth-order valence-electron chi connectivity index (χ4n) is 2.51. The Labute approximate surface area is 114 Å². The maximum atomic E-state index is 7.81. The molecule has 2 fully saturated rings. The SMILES string of the molecule is N=C(NC(=N)NN1CCCCC1)NN1CCCCC1. The van der Waals surface area contributed by atoms with Crippen LogP contribution in [0.1, 0.15) is 38.5 Å². The van der Waals surface area contributed by atoms with Crippen molar-refractivity contribution in [3.63, 3.8) is 0 Å². The van der Waals surface area contributed by atoms with Crippen LogP contribution in [0.2, 0.25) is 0 Å². The van der Waals surface area contributed by atoms with Crippen molar-refractivity contribution < 1.29 is 0 Å². The molecule has 0 amide bonds. The van der Waals surface area contributed by atoms with Crippen molar-refractivity contribution >= 4 is 11.9 Å². The number of hydrogen-bond donors (Lipinski definition) is 5. The van der Waals surface area contributed by atoms with Crippen molar-refractivity contribution in [1.82, 2.24) is 26.2 Å². The summed E-state index contributed by atoms with van der Waals surface area (Å²) in [5.41, 5.74) is 5.99. The zero-order valence-corrected chi connectivity index (χ0v) is 11.5. The summed E-state index contributed by atoms with van der Waals surface area (Å²) in [4.78, 5) is 0. The van der Waals surface area contributed by atoms with Gasteiger partial charge in [0.1, 0.15) is 0 Å². The summed E-state index contributed by atoms with van der Waals surface area (Å²) in [5, 5.41) is 22.4. The second-order valence-electron chi connectivity index (χ2n) is 5.19. The molecule has 0 spiro atoms. The van der Waals surface area contributed by atoms with Crippen molar-refractivity contribution in [2.24, 2.45) is 0 Å². The van der Waals surface area contributed by atoms with Gasteiger partial charge in [0.2, 0.25) is 11.9 Å². The Hall–Kier alpha value is -1.34. The van der Waals surface area contributed by atoms with E-state index in [0.717, 1.165) is 26.2 Å². The van der Waals surface area contributed by atoms with Crippen LogP contribution in [0, 0.1) is 10.8 Å². The fourth-order valence-corrected chi connectivity index (χ4v) is 2.51. The van der Waals surface area contributed by atoms with Gasteiger partial charge in [0, 0.05) is 26.2 Å². The van der Waals surface area contributed by atoms with Crippen LogP contribution in [-0.4, -0.2) is 48.1 Å². The first-order valence-corrected chi connectivity index (χ1v) is 7.21. The summed E-state index contributed by atoms with van der Waals surface area (Å²) in [5.74, 6) is 0.327. The van der Waals surface area contributed by atoms with Crippen LogP contribution in [0.15, 0.2) is 0 Å². The zero-order chi connectivity index (χ0) is 13.5. The molecule has 2 rings (SSSR count). The number of hydrogen-bond acceptors (Lipinski definition) is 4. The van der Waals surface area contributed by atoms with Crippen molar-refractivity contribution in [2.75, 3.05) is 26.2 Å². The monoisotopic (exact) mass is 267 g/mol. The summed E-state index contributed by atoms with van der Waals surface area (Å²) in [7, 11) is 0. The van der Waals surface area contributed by atoms with Crippen LogP contribution >= 0.6 is 0 Å². The Morgan fingerprint density at radius 2 is 1.00 bits per heavy atom. The van der Waals surface area contributed by atoms with Crippen LogP contribution in [0.3, 0.4) is 0 Å². The Morgan fingerprint density at radius 1 is 0.632 bits per heavy atom. The molecular formula is C12H25N7. The van der Waals surface area contributed by atoms with Gasteiger partial charge in [-0.15, -0.1) is 0 Å². The van der Waals surface area contributed by atoms with Gasteiger partial charge < -0.3 is 0 Å². The van der Waals surface area contributed by atoms with Crippen LogP contribution < -0.4 is 16.2 Å². The van der Waals surface area contributed by atoms with E-state index in [4.69, 9.17) is 10.8 Å². The summed E-state index contributed by atoms with van der Waals surface area (Å²) in [6.07, 6.45) is 7.22. The van der Waals surface area contributed by atoms with E-state index in [1.54, 1.807) is 0 Å². The minimum absolute atomic E-state index is 0.163. The normalized spacial score (nSPS) is 21.7. The van der Waals surface area contributed by atoms with E-state index in [9.17, 15) is 0 Å². The average molecular weight is 267 g/mol. The first-order chi connectivity index (χ1) is 9.24. The number of nitrogens with one attached hydrogen (secondary N) is 5. The lowest BCUT2D eigenvalue weighted by Gasteiger charge is -2.30. The molecule has 0 aromatic rings. The second kappa shape index (κ2) is 7.30. The Morgan fingerprint density at radius 3 is 1.37 bits per heavy atom. The van der Waals surface area contributed by atoms with Gasteiger partial charge in [-0.3, -0.25) is 27.0 Å². The smallest absolute Gasteiger partial charge is 0.210 e.